The number of furan rings is 1. The fourth-order valence-corrected chi connectivity index (χ4v) is 3.09. The second kappa shape index (κ2) is 7.33. The molecule has 138 valence electrons. The fraction of sp³-hybridized carbons (Fsp3) is 0.400. The van der Waals surface area contributed by atoms with E-state index in [2.05, 4.69) is 10.2 Å². The van der Waals surface area contributed by atoms with E-state index >= 15 is 0 Å². The van der Waals surface area contributed by atoms with Crippen molar-refractivity contribution in [3.05, 3.63) is 45.5 Å². The van der Waals surface area contributed by atoms with Crippen molar-refractivity contribution >= 4 is 27.8 Å². The van der Waals surface area contributed by atoms with Gasteiger partial charge in [0.05, 0.1) is 18.2 Å². The third kappa shape index (κ3) is 3.65. The van der Waals surface area contributed by atoms with Gasteiger partial charge in [0.1, 0.15) is 11.2 Å². The van der Waals surface area contributed by atoms with E-state index in [0.29, 0.717) is 23.3 Å². The van der Waals surface area contributed by atoms with Crippen LogP contribution in [0.3, 0.4) is 0 Å². The van der Waals surface area contributed by atoms with E-state index in [0.717, 1.165) is 34.9 Å². The first-order valence-electron chi connectivity index (χ1n) is 8.72. The van der Waals surface area contributed by atoms with Crippen LogP contribution in [0, 0.1) is 13.8 Å². The van der Waals surface area contributed by atoms with E-state index in [1.165, 1.54) is 0 Å². The molecule has 0 atom stereocenters. The molecule has 0 unspecified atom stereocenters. The molecule has 0 aliphatic rings. The Labute approximate surface area is 151 Å². The maximum Gasteiger partial charge on any atom is 0.340 e. The first-order valence-corrected chi connectivity index (χ1v) is 8.72. The molecule has 26 heavy (non-hydrogen) atoms. The van der Waals surface area contributed by atoms with Crippen molar-refractivity contribution in [3.8, 4) is 0 Å². The number of nitrogens with one attached hydrogen (secondary N) is 1. The summed E-state index contributed by atoms with van der Waals surface area (Å²) in [6.07, 6.45) is 2.56. The fourth-order valence-electron chi connectivity index (χ4n) is 3.09. The van der Waals surface area contributed by atoms with Crippen molar-refractivity contribution < 1.29 is 13.6 Å². The Bertz CT molecular complexity index is 1010. The number of rotatable bonds is 6. The number of carbonyl (C=O) groups is 1. The van der Waals surface area contributed by atoms with Crippen molar-refractivity contribution in [1.82, 2.24) is 10.2 Å². The zero-order valence-corrected chi connectivity index (χ0v) is 15.6. The van der Waals surface area contributed by atoms with Gasteiger partial charge in [-0.25, -0.2) is 4.79 Å². The van der Waals surface area contributed by atoms with Gasteiger partial charge < -0.3 is 19.1 Å². The van der Waals surface area contributed by atoms with Gasteiger partial charge in [0.2, 0.25) is 5.91 Å². The van der Waals surface area contributed by atoms with E-state index in [4.69, 9.17) is 8.83 Å². The van der Waals surface area contributed by atoms with Gasteiger partial charge in [-0.05, 0) is 58.1 Å². The van der Waals surface area contributed by atoms with Gasteiger partial charge in [-0.3, -0.25) is 4.79 Å². The Hall–Kier alpha value is -2.60. The number of fused-ring (bicyclic) bond motifs is 2. The van der Waals surface area contributed by atoms with Gasteiger partial charge in [0.25, 0.3) is 0 Å². The van der Waals surface area contributed by atoms with Crippen LogP contribution in [0.2, 0.25) is 0 Å². The molecule has 0 saturated heterocycles. The highest BCUT2D eigenvalue weighted by Gasteiger charge is 2.16. The highest BCUT2D eigenvalue weighted by atomic mass is 16.4. The molecule has 0 saturated carbocycles. The predicted molar refractivity (Wildman–Crippen MR) is 102 cm³/mol. The maximum atomic E-state index is 12.4. The Morgan fingerprint density at radius 2 is 1.92 bits per heavy atom. The first kappa shape index (κ1) is 18.2. The summed E-state index contributed by atoms with van der Waals surface area (Å²) in [6.45, 7) is 5.31. The van der Waals surface area contributed by atoms with Gasteiger partial charge >= 0.3 is 5.63 Å². The number of carbonyl (C=O) groups excluding carboxylic acids is 1. The molecule has 3 rings (SSSR count). The summed E-state index contributed by atoms with van der Waals surface area (Å²) in [4.78, 5) is 26.6. The van der Waals surface area contributed by atoms with E-state index in [-0.39, 0.29) is 12.3 Å². The number of amides is 1. The molecule has 0 bridgehead atoms. The van der Waals surface area contributed by atoms with E-state index in [9.17, 15) is 9.59 Å². The minimum atomic E-state index is -0.471. The molecule has 1 N–H and O–H groups in total. The molecule has 2 aromatic heterocycles. The van der Waals surface area contributed by atoms with Crippen LogP contribution in [0.1, 0.15) is 23.1 Å². The first-order chi connectivity index (χ1) is 12.4. The standard InChI is InChI=1S/C20H24N2O4/c1-12-11-25-17-10-18-15(8-14(12)17)13(2)16(20(24)26-18)9-19(23)21-6-5-7-22(3)4/h8,10-11H,5-7,9H2,1-4H3,(H,21,23). The number of hydrogen-bond acceptors (Lipinski definition) is 5. The van der Waals surface area contributed by atoms with E-state index in [1.54, 1.807) is 12.3 Å². The minimum absolute atomic E-state index is 0.0223. The normalized spacial score (nSPS) is 11.6. The molecule has 0 aliphatic carbocycles. The van der Waals surface area contributed by atoms with Crippen LogP contribution >= 0.6 is 0 Å². The van der Waals surface area contributed by atoms with Crippen LogP contribution in [0.25, 0.3) is 21.9 Å². The Kier molecular flexibility index (Phi) is 5.13. The van der Waals surface area contributed by atoms with Gasteiger partial charge in [-0.15, -0.1) is 0 Å². The van der Waals surface area contributed by atoms with Crippen LogP contribution in [0.4, 0.5) is 0 Å². The summed E-state index contributed by atoms with van der Waals surface area (Å²) < 4.78 is 10.9. The molecular formula is C20H24N2O4. The summed E-state index contributed by atoms with van der Waals surface area (Å²) in [5, 5.41) is 4.67. The van der Waals surface area contributed by atoms with Crippen molar-refractivity contribution in [1.29, 1.82) is 0 Å². The maximum absolute atomic E-state index is 12.4. The Morgan fingerprint density at radius 3 is 2.65 bits per heavy atom. The van der Waals surface area contributed by atoms with Crippen LogP contribution in [-0.2, 0) is 11.2 Å². The smallest absolute Gasteiger partial charge is 0.340 e. The lowest BCUT2D eigenvalue weighted by atomic mass is 10.0. The number of aryl methyl sites for hydroxylation is 2. The third-order valence-corrected chi connectivity index (χ3v) is 4.62. The van der Waals surface area contributed by atoms with E-state index < -0.39 is 5.63 Å². The summed E-state index contributed by atoms with van der Waals surface area (Å²) in [6, 6.07) is 3.69. The molecule has 3 aromatic rings. The quantitative estimate of drug-likeness (QED) is 0.543. The second-order valence-electron chi connectivity index (χ2n) is 6.94. The molecule has 6 heteroatoms. The van der Waals surface area contributed by atoms with E-state index in [1.807, 2.05) is 34.0 Å². The summed E-state index contributed by atoms with van der Waals surface area (Å²) in [5.41, 5.74) is 2.90. The molecule has 0 spiro atoms. The molecule has 2 heterocycles. The SMILES string of the molecule is Cc1coc2cc3oc(=O)c(CC(=O)NCCCN(C)C)c(C)c3cc12. The number of nitrogens with zero attached hydrogens (tertiary/aromatic N) is 1. The minimum Gasteiger partial charge on any atom is -0.464 e. The highest BCUT2D eigenvalue weighted by molar-refractivity contribution is 5.96. The molecule has 6 nitrogen and oxygen atoms in total. The van der Waals surface area contributed by atoms with Crippen LogP contribution < -0.4 is 10.9 Å². The summed E-state index contributed by atoms with van der Waals surface area (Å²) >= 11 is 0. The van der Waals surface area contributed by atoms with Crippen LogP contribution in [-0.4, -0.2) is 38.0 Å². The molecule has 0 radical (unpaired) electrons. The monoisotopic (exact) mass is 356 g/mol. The van der Waals surface area contributed by atoms with Crippen molar-refractivity contribution in [2.24, 2.45) is 0 Å². The van der Waals surface area contributed by atoms with Gasteiger partial charge in [-0.1, -0.05) is 0 Å². The lowest BCUT2D eigenvalue weighted by molar-refractivity contribution is -0.120. The number of hydrogen-bond donors (Lipinski definition) is 1. The van der Waals surface area contributed by atoms with Crippen LogP contribution in [0.5, 0.6) is 0 Å². The predicted octanol–water partition coefficient (Wildman–Crippen LogP) is 2.77. The van der Waals surface area contributed by atoms with Crippen molar-refractivity contribution in [2.75, 3.05) is 27.2 Å². The van der Waals surface area contributed by atoms with Crippen molar-refractivity contribution in [3.63, 3.8) is 0 Å². The highest BCUT2D eigenvalue weighted by Crippen LogP contribution is 2.28. The van der Waals surface area contributed by atoms with Crippen molar-refractivity contribution in [2.45, 2.75) is 26.7 Å². The van der Waals surface area contributed by atoms with Gasteiger partial charge in [0, 0.05) is 23.4 Å². The Morgan fingerprint density at radius 1 is 1.15 bits per heavy atom. The topological polar surface area (TPSA) is 75.7 Å². The lowest BCUT2D eigenvalue weighted by Gasteiger charge is -2.11. The number of benzene rings is 1. The molecule has 1 aromatic carbocycles. The molecule has 1 amide bonds. The summed E-state index contributed by atoms with van der Waals surface area (Å²) in [5.74, 6) is -0.168. The summed E-state index contributed by atoms with van der Waals surface area (Å²) in [7, 11) is 3.98. The third-order valence-electron chi connectivity index (χ3n) is 4.62. The zero-order valence-electron chi connectivity index (χ0n) is 15.6. The molecular weight excluding hydrogens is 332 g/mol. The molecule has 0 fully saturated rings. The largest absolute Gasteiger partial charge is 0.464 e. The van der Waals surface area contributed by atoms with Crippen LogP contribution in [0.15, 0.2) is 32.0 Å². The lowest BCUT2D eigenvalue weighted by Crippen LogP contribution is -2.30. The van der Waals surface area contributed by atoms with Gasteiger partial charge in [0.15, 0.2) is 0 Å². The zero-order chi connectivity index (χ0) is 18.8. The average Bonchev–Trinajstić information content (AvgIpc) is 2.94. The second-order valence-corrected chi connectivity index (χ2v) is 6.94. The average molecular weight is 356 g/mol. The Balaban J connectivity index is 1.86. The molecule has 0 aliphatic heterocycles. The van der Waals surface area contributed by atoms with Gasteiger partial charge in [-0.2, -0.15) is 0 Å².